The van der Waals surface area contributed by atoms with Crippen molar-refractivity contribution in [3.05, 3.63) is 212 Å². The number of aryl methyl sites for hydroxylation is 3. The molecule has 0 saturated heterocycles. The van der Waals surface area contributed by atoms with Gasteiger partial charge in [-0.1, -0.05) is 170 Å². The summed E-state index contributed by atoms with van der Waals surface area (Å²) < 4.78 is 0. The van der Waals surface area contributed by atoms with E-state index in [0.29, 0.717) is 24.1 Å². The lowest BCUT2D eigenvalue weighted by atomic mass is 9.73. The summed E-state index contributed by atoms with van der Waals surface area (Å²) in [6.45, 7) is 11.7. The van der Waals surface area contributed by atoms with E-state index in [1.54, 1.807) is 12.1 Å². The second kappa shape index (κ2) is 31.8. The summed E-state index contributed by atoms with van der Waals surface area (Å²) in [7, 11) is 0. The highest BCUT2D eigenvalue weighted by Gasteiger charge is 2.47. The van der Waals surface area contributed by atoms with E-state index < -0.39 is 22.8 Å². The zero-order valence-corrected chi connectivity index (χ0v) is 55.2. The number of benzene rings is 4. The van der Waals surface area contributed by atoms with Crippen LogP contribution in [0.25, 0.3) is 25.6 Å². The molecule has 464 valence electrons. The first kappa shape index (κ1) is 65.9. The van der Waals surface area contributed by atoms with E-state index in [1.165, 1.54) is 107 Å². The molecule has 3 N–H and O–H groups in total. The number of hydrogen-bond acceptors (Lipinski definition) is 9. The Morgan fingerprint density at radius 2 is 1.25 bits per heavy atom. The summed E-state index contributed by atoms with van der Waals surface area (Å²) in [5.41, 5.74) is 11.2. The van der Waals surface area contributed by atoms with Gasteiger partial charge < -0.3 is 25.3 Å². The van der Waals surface area contributed by atoms with Crippen LogP contribution in [0, 0.1) is 11.3 Å². The maximum Gasteiger partial charge on any atom is 0.305 e. The Bertz CT molecular complexity index is 3690. The maximum absolute atomic E-state index is 14.3. The Balaban J connectivity index is 1.02. The van der Waals surface area contributed by atoms with Gasteiger partial charge >= 0.3 is 11.9 Å². The molecular formula is C77H88N4O5S3. The molecule has 89 heavy (non-hydrogen) atoms. The third-order valence-corrected chi connectivity index (χ3v) is 21.5. The van der Waals surface area contributed by atoms with Crippen LogP contribution < -0.4 is 15.1 Å². The van der Waals surface area contributed by atoms with Crippen LogP contribution in [-0.4, -0.2) is 47.2 Å². The van der Waals surface area contributed by atoms with Crippen molar-refractivity contribution in [3.8, 4) is 25.6 Å². The van der Waals surface area contributed by atoms with Crippen LogP contribution in [0.1, 0.15) is 174 Å². The first-order chi connectivity index (χ1) is 43.3. The molecule has 3 atom stereocenters. The SMILES string of the molecule is CCCCCCc1cc(-c2sc(-c3sccc3CCCCCC)cc2CCCCCC)sc1/C=C/C(=O)Nc1ccc2c(c1)C(C)(Cc1ccccc1)C(/C=C/C=C/C=C1/N(CCC(=O)O)c3ccc(C#N)cc3C1(C)Cc1ccccc1)N2CCC(=O)O. The molecule has 0 radical (unpaired) electrons. The molecule has 0 bridgehead atoms. The number of anilines is 3. The number of amides is 1. The van der Waals surface area contributed by atoms with E-state index in [-0.39, 0.29) is 37.9 Å². The summed E-state index contributed by atoms with van der Waals surface area (Å²) in [5, 5.41) is 35.6. The Morgan fingerprint density at radius 3 is 1.91 bits per heavy atom. The number of nitrogens with one attached hydrogen (secondary N) is 1. The fourth-order valence-electron chi connectivity index (χ4n) is 13.3. The number of allylic oxidation sites excluding steroid dienone is 5. The molecule has 2 aliphatic rings. The Morgan fingerprint density at radius 1 is 0.629 bits per heavy atom. The fraction of sp³-hybridized carbons (Fsp3) is 0.377. The molecule has 0 saturated carbocycles. The minimum atomic E-state index is -0.893. The van der Waals surface area contributed by atoms with Crippen molar-refractivity contribution in [1.82, 2.24) is 0 Å². The van der Waals surface area contributed by atoms with Crippen LogP contribution in [0.4, 0.5) is 17.1 Å². The number of rotatable bonds is 33. The summed E-state index contributed by atoms with van der Waals surface area (Å²) in [5.74, 6) is -1.99. The van der Waals surface area contributed by atoms with Gasteiger partial charge in [0.1, 0.15) is 0 Å². The van der Waals surface area contributed by atoms with E-state index in [2.05, 4.69) is 122 Å². The molecule has 0 aliphatic carbocycles. The van der Waals surface area contributed by atoms with Gasteiger partial charge in [-0.3, -0.25) is 14.4 Å². The van der Waals surface area contributed by atoms with Gasteiger partial charge in [0.2, 0.25) is 5.91 Å². The molecule has 5 heterocycles. The predicted molar refractivity (Wildman–Crippen MR) is 374 cm³/mol. The number of nitrogens with zero attached hydrogens (tertiary/aromatic N) is 3. The van der Waals surface area contributed by atoms with Crippen LogP contribution in [0.3, 0.4) is 0 Å². The van der Waals surface area contributed by atoms with E-state index >= 15 is 0 Å². The van der Waals surface area contributed by atoms with E-state index in [0.717, 1.165) is 69.9 Å². The molecule has 9 nitrogen and oxygen atoms in total. The third-order valence-electron chi connectivity index (χ3n) is 17.9. The molecule has 1 amide bonds. The summed E-state index contributed by atoms with van der Waals surface area (Å²) in [4.78, 5) is 49.6. The van der Waals surface area contributed by atoms with Crippen LogP contribution in [0.2, 0.25) is 0 Å². The minimum Gasteiger partial charge on any atom is -0.481 e. The van der Waals surface area contributed by atoms with Crippen molar-refractivity contribution in [3.63, 3.8) is 0 Å². The highest BCUT2D eigenvalue weighted by molar-refractivity contribution is 7.26. The number of carboxylic acid groups (broad SMARTS) is 2. The van der Waals surface area contributed by atoms with Crippen molar-refractivity contribution < 1.29 is 24.6 Å². The van der Waals surface area contributed by atoms with Crippen LogP contribution in [0.5, 0.6) is 0 Å². The molecule has 3 aromatic heterocycles. The number of unbranched alkanes of at least 4 members (excludes halogenated alkanes) is 9. The van der Waals surface area contributed by atoms with Gasteiger partial charge in [-0.2, -0.15) is 5.26 Å². The van der Waals surface area contributed by atoms with E-state index in [1.807, 2.05) is 119 Å². The van der Waals surface area contributed by atoms with Crippen LogP contribution in [0.15, 0.2) is 163 Å². The van der Waals surface area contributed by atoms with Crippen molar-refractivity contribution in [2.24, 2.45) is 0 Å². The number of carbonyl (C=O) groups is 3. The summed E-state index contributed by atoms with van der Waals surface area (Å²) in [6.07, 6.45) is 32.8. The Labute approximate surface area is 540 Å². The largest absolute Gasteiger partial charge is 0.481 e. The Hall–Kier alpha value is -7.56. The fourth-order valence-corrected chi connectivity index (χ4v) is 16.8. The Kier molecular flexibility index (Phi) is 23.5. The number of carboxylic acids is 2. The minimum absolute atomic E-state index is 0.0651. The number of aliphatic carboxylic acids is 2. The highest BCUT2D eigenvalue weighted by atomic mass is 32.1. The predicted octanol–water partition coefficient (Wildman–Crippen LogP) is 19.8. The van der Waals surface area contributed by atoms with Gasteiger partial charge in [0.25, 0.3) is 0 Å². The average molecular weight is 1250 g/mol. The number of nitriles is 1. The molecular weight excluding hydrogens is 1160 g/mol. The van der Waals surface area contributed by atoms with Gasteiger partial charge in [0.05, 0.1) is 30.5 Å². The van der Waals surface area contributed by atoms with E-state index in [9.17, 15) is 29.9 Å². The van der Waals surface area contributed by atoms with Crippen LogP contribution in [-0.2, 0) is 57.3 Å². The normalized spacial score (nSPS) is 17.6. The summed E-state index contributed by atoms with van der Waals surface area (Å²) in [6, 6.07) is 41.6. The summed E-state index contributed by atoms with van der Waals surface area (Å²) >= 11 is 5.64. The van der Waals surface area contributed by atoms with Crippen molar-refractivity contribution >= 4 is 75.0 Å². The molecule has 2 aliphatic heterocycles. The zero-order chi connectivity index (χ0) is 62.8. The average Bonchev–Trinajstić information content (AvgIpc) is 1.60. The number of thiophene rings is 3. The molecule has 3 unspecified atom stereocenters. The maximum atomic E-state index is 14.3. The standard InChI is InChI=1S/C77H88N4O5S3/c1-6-9-12-22-31-58-44-47-87-74(58)67-50-60(33-24-14-11-8-3)75(89-67)68-49-59(32-23-13-10-7-2)66(88-68)40-41-71(82)79-61-37-39-65-63(51-61)77(5,53-56-29-20-16-21-30-56)70(81(65)46-43-73(85)86)35-26-17-25-34-69-76(4,52-55-27-18-15-19-28-55)62-48-57(54-78)36-38-64(62)80(69)45-42-72(83)84/h15-21,25-30,34-41,44,47-51,70H,6-14,22-24,31-33,42-43,45-46,52-53H2,1-5H3,(H,79,82)(H,83,84)(H,85,86)/b25-17+,35-26+,41-40+,69-34+. The lowest BCUT2D eigenvalue weighted by molar-refractivity contribution is -0.137. The molecule has 4 aromatic carbocycles. The number of carbonyl (C=O) groups excluding carboxylic acids is 1. The molecule has 9 rings (SSSR count). The lowest BCUT2D eigenvalue weighted by Crippen LogP contribution is -2.44. The second-order valence-corrected chi connectivity index (χ2v) is 27.6. The van der Waals surface area contributed by atoms with E-state index in [4.69, 9.17) is 0 Å². The van der Waals surface area contributed by atoms with Gasteiger partial charge in [-0.15, -0.1) is 34.0 Å². The molecule has 0 fully saturated rings. The highest BCUT2D eigenvalue weighted by Crippen LogP contribution is 2.52. The van der Waals surface area contributed by atoms with Gasteiger partial charge in [0, 0.05) is 77.1 Å². The van der Waals surface area contributed by atoms with Gasteiger partial charge in [-0.25, -0.2) is 0 Å². The quantitative estimate of drug-likeness (QED) is 0.0210. The topological polar surface area (TPSA) is 134 Å². The molecule has 0 spiro atoms. The van der Waals surface area contributed by atoms with Crippen molar-refractivity contribution in [2.45, 2.75) is 173 Å². The smallest absolute Gasteiger partial charge is 0.305 e. The third kappa shape index (κ3) is 16.5. The zero-order valence-electron chi connectivity index (χ0n) is 52.7. The van der Waals surface area contributed by atoms with Gasteiger partial charge in [-0.05, 0) is 169 Å². The van der Waals surface area contributed by atoms with Crippen molar-refractivity contribution in [2.75, 3.05) is 28.2 Å². The lowest BCUT2D eigenvalue weighted by Gasteiger charge is -2.35. The monoisotopic (exact) mass is 1240 g/mol. The first-order valence-corrected chi connectivity index (χ1v) is 34.9. The first-order valence-electron chi connectivity index (χ1n) is 32.4. The number of fused-ring (bicyclic) bond motifs is 2. The van der Waals surface area contributed by atoms with Crippen LogP contribution >= 0.6 is 34.0 Å². The van der Waals surface area contributed by atoms with Crippen molar-refractivity contribution in [1.29, 1.82) is 5.26 Å². The molecule has 7 aromatic rings. The number of hydrogen-bond donors (Lipinski definition) is 3. The van der Waals surface area contributed by atoms with Gasteiger partial charge in [0.15, 0.2) is 0 Å². The second-order valence-electron chi connectivity index (χ2n) is 24.5. The molecule has 12 heteroatoms.